The van der Waals surface area contributed by atoms with Gasteiger partial charge in [-0.05, 0) is 30.3 Å². The molecular weight excluding hydrogens is 324 g/mol. The summed E-state index contributed by atoms with van der Waals surface area (Å²) in [4.78, 5) is 12.8. The Kier molecular flexibility index (Phi) is 3.50. The highest BCUT2D eigenvalue weighted by Crippen LogP contribution is 2.36. The number of aromatic nitrogens is 2. The van der Waals surface area contributed by atoms with E-state index in [1.165, 1.54) is 7.05 Å². The van der Waals surface area contributed by atoms with Crippen molar-refractivity contribution in [2.45, 2.75) is 11.6 Å². The molecule has 2 aromatic heterocycles. The van der Waals surface area contributed by atoms with Crippen LogP contribution in [0.4, 0.5) is 0 Å². The highest BCUT2D eigenvalue weighted by Gasteiger charge is 2.23. The Morgan fingerprint density at radius 3 is 2.83 bits per heavy atom. The Labute approximate surface area is 139 Å². The molecular formula is C17H14N4O2S. The summed E-state index contributed by atoms with van der Waals surface area (Å²) in [5.74, 6) is 0.509. The summed E-state index contributed by atoms with van der Waals surface area (Å²) in [5.41, 5.74) is 2.58. The zero-order chi connectivity index (χ0) is 16.6. The van der Waals surface area contributed by atoms with E-state index in [9.17, 15) is 4.21 Å². The first kappa shape index (κ1) is 14.8. The Balaban J connectivity index is 1.93. The fraction of sp³-hybridized carbons (Fsp3) is 0.118. The van der Waals surface area contributed by atoms with E-state index in [0.717, 1.165) is 22.0 Å². The molecule has 1 aromatic carbocycles. The number of rotatable bonds is 3. The number of hydrogen-bond donors (Lipinski definition) is 0. The topological polar surface area (TPSA) is 76.8 Å². The van der Waals surface area contributed by atoms with E-state index in [0.29, 0.717) is 17.3 Å². The number of fused-ring (bicyclic) bond motifs is 2. The zero-order valence-corrected chi connectivity index (χ0v) is 13.7. The van der Waals surface area contributed by atoms with Gasteiger partial charge in [0.25, 0.3) is 10.0 Å². The molecule has 1 aliphatic rings. The first-order chi connectivity index (χ1) is 11.7. The van der Waals surface area contributed by atoms with Crippen molar-refractivity contribution in [1.82, 2.24) is 9.97 Å². The maximum absolute atomic E-state index is 13.3. The van der Waals surface area contributed by atoms with E-state index < -0.39 is 10.0 Å². The van der Waals surface area contributed by atoms with Gasteiger partial charge in [-0.25, -0.2) is 13.6 Å². The van der Waals surface area contributed by atoms with Gasteiger partial charge in [0.2, 0.25) is 0 Å². The number of benzene rings is 1. The SMILES string of the molecule is CN=S(=O)(Oc1c2c(cc3ncccc13)C=NC2)c1ccccn1. The van der Waals surface area contributed by atoms with Crippen molar-refractivity contribution >= 4 is 27.1 Å². The Bertz CT molecular complexity index is 1070. The van der Waals surface area contributed by atoms with Crippen LogP contribution in [0.15, 0.2) is 63.2 Å². The van der Waals surface area contributed by atoms with Gasteiger partial charge in [0.15, 0.2) is 10.8 Å². The van der Waals surface area contributed by atoms with E-state index in [2.05, 4.69) is 19.3 Å². The number of hydrogen-bond acceptors (Lipinski definition) is 6. The second-order valence-electron chi connectivity index (χ2n) is 5.22. The molecule has 4 rings (SSSR count). The van der Waals surface area contributed by atoms with Crippen LogP contribution in [-0.4, -0.2) is 27.4 Å². The van der Waals surface area contributed by atoms with Crippen LogP contribution in [-0.2, 0) is 16.6 Å². The normalized spacial score (nSPS) is 15.0. The molecule has 24 heavy (non-hydrogen) atoms. The summed E-state index contributed by atoms with van der Waals surface area (Å²) in [7, 11) is -1.67. The second-order valence-corrected chi connectivity index (χ2v) is 7.12. The third-order valence-electron chi connectivity index (χ3n) is 3.82. The lowest BCUT2D eigenvalue weighted by molar-refractivity contribution is 0.545. The number of aliphatic imine (C=N–C) groups is 1. The van der Waals surface area contributed by atoms with Gasteiger partial charge < -0.3 is 4.18 Å². The molecule has 1 aliphatic heterocycles. The second kappa shape index (κ2) is 5.68. The van der Waals surface area contributed by atoms with Crippen LogP contribution in [0.1, 0.15) is 11.1 Å². The molecule has 1 atom stereocenters. The van der Waals surface area contributed by atoms with Crippen LogP contribution in [0.5, 0.6) is 5.75 Å². The summed E-state index contributed by atoms with van der Waals surface area (Å²) < 4.78 is 23.2. The van der Waals surface area contributed by atoms with E-state index >= 15 is 0 Å². The fourth-order valence-corrected chi connectivity index (χ4v) is 3.86. The van der Waals surface area contributed by atoms with Crippen LogP contribution >= 0.6 is 0 Å². The van der Waals surface area contributed by atoms with Crippen LogP contribution in [0.25, 0.3) is 10.9 Å². The molecule has 7 heteroatoms. The molecule has 0 spiro atoms. The van der Waals surface area contributed by atoms with Crippen molar-refractivity contribution in [2.24, 2.45) is 9.36 Å². The summed E-state index contributed by atoms with van der Waals surface area (Å²) in [6.45, 7) is 0.483. The van der Waals surface area contributed by atoms with Gasteiger partial charge in [-0.2, -0.15) is 0 Å². The van der Waals surface area contributed by atoms with Crippen LogP contribution in [0.3, 0.4) is 0 Å². The lowest BCUT2D eigenvalue weighted by Gasteiger charge is -2.15. The lowest BCUT2D eigenvalue weighted by atomic mass is 10.0. The quantitative estimate of drug-likeness (QED) is 0.735. The summed E-state index contributed by atoms with van der Waals surface area (Å²) >= 11 is 0. The summed E-state index contributed by atoms with van der Waals surface area (Å²) in [6, 6.07) is 10.8. The molecule has 0 bridgehead atoms. The van der Waals surface area contributed by atoms with Crippen molar-refractivity contribution in [2.75, 3.05) is 7.05 Å². The monoisotopic (exact) mass is 338 g/mol. The summed E-state index contributed by atoms with van der Waals surface area (Å²) in [6.07, 6.45) is 5.06. The average molecular weight is 338 g/mol. The van der Waals surface area contributed by atoms with Crippen LogP contribution in [0, 0.1) is 0 Å². The first-order valence-corrected chi connectivity index (χ1v) is 8.81. The molecule has 0 aliphatic carbocycles. The van der Waals surface area contributed by atoms with Crippen molar-refractivity contribution in [1.29, 1.82) is 0 Å². The van der Waals surface area contributed by atoms with Crippen molar-refractivity contribution in [3.8, 4) is 5.75 Å². The maximum atomic E-state index is 13.3. The predicted molar refractivity (Wildman–Crippen MR) is 92.7 cm³/mol. The van der Waals surface area contributed by atoms with Crippen molar-refractivity contribution < 1.29 is 8.39 Å². The molecule has 3 heterocycles. The molecule has 0 fully saturated rings. The molecule has 0 amide bonds. The molecule has 0 saturated heterocycles. The first-order valence-electron chi connectivity index (χ1n) is 7.37. The average Bonchev–Trinajstić information content (AvgIpc) is 3.10. The van der Waals surface area contributed by atoms with Crippen LogP contribution in [0.2, 0.25) is 0 Å². The minimum atomic E-state index is -3.14. The van der Waals surface area contributed by atoms with Crippen molar-refractivity contribution in [3.63, 3.8) is 0 Å². The molecule has 0 saturated carbocycles. The van der Waals surface area contributed by atoms with Crippen molar-refractivity contribution in [3.05, 3.63) is 59.9 Å². The molecule has 6 nitrogen and oxygen atoms in total. The zero-order valence-electron chi connectivity index (χ0n) is 12.9. The molecule has 1 unspecified atom stereocenters. The molecule has 120 valence electrons. The van der Waals surface area contributed by atoms with E-state index in [1.54, 1.807) is 36.8 Å². The van der Waals surface area contributed by atoms with E-state index in [-0.39, 0.29) is 0 Å². The molecule has 0 radical (unpaired) electrons. The van der Waals surface area contributed by atoms with Gasteiger partial charge >= 0.3 is 0 Å². The third kappa shape index (κ3) is 2.33. The van der Waals surface area contributed by atoms with Gasteiger partial charge in [0.1, 0.15) is 0 Å². The molecule has 0 N–H and O–H groups in total. The number of pyridine rings is 2. The van der Waals surface area contributed by atoms with Gasteiger partial charge in [-0.15, -0.1) is 0 Å². The smallest absolute Gasteiger partial charge is 0.254 e. The predicted octanol–water partition coefficient (Wildman–Crippen LogP) is 3.01. The van der Waals surface area contributed by atoms with Gasteiger partial charge in [0.05, 0.1) is 12.1 Å². The van der Waals surface area contributed by atoms with Gasteiger partial charge in [-0.1, -0.05) is 6.07 Å². The van der Waals surface area contributed by atoms with Gasteiger partial charge in [0, 0.05) is 42.2 Å². The fourth-order valence-electron chi connectivity index (χ4n) is 2.65. The third-order valence-corrected chi connectivity index (χ3v) is 5.46. The molecule has 3 aromatic rings. The minimum absolute atomic E-state index is 0.293. The Morgan fingerprint density at radius 1 is 1.17 bits per heavy atom. The minimum Gasteiger partial charge on any atom is -0.390 e. The summed E-state index contributed by atoms with van der Waals surface area (Å²) in [5, 5.41) is 1.08. The highest BCUT2D eigenvalue weighted by atomic mass is 32.2. The van der Waals surface area contributed by atoms with Crippen LogP contribution < -0.4 is 4.18 Å². The van der Waals surface area contributed by atoms with E-state index in [4.69, 9.17) is 4.18 Å². The standard InChI is InChI=1S/C17H14N4O2S/c1-18-24(22,16-6-2-3-7-21-16)23-17-13-5-4-8-20-15(13)9-12-10-19-11-14(12)17/h2-10H,11H2,1H3. The maximum Gasteiger partial charge on any atom is 0.254 e. The Hall–Kier alpha value is -2.80. The highest BCUT2D eigenvalue weighted by molar-refractivity contribution is 7.89. The van der Waals surface area contributed by atoms with E-state index in [1.807, 2.05) is 18.2 Å². The Morgan fingerprint density at radius 2 is 2.04 bits per heavy atom. The number of nitrogens with zero attached hydrogens (tertiary/aromatic N) is 4. The van der Waals surface area contributed by atoms with Gasteiger partial charge in [-0.3, -0.25) is 9.98 Å². The largest absolute Gasteiger partial charge is 0.390 e. The lowest BCUT2D eigenvalue weighted by Crippen LogP contribution is -2.13.